The van der Waals surface area contributed by atoms with Crippen molar-refractivity contribution >= 4 is 81.9 Å². The summed E-state index contributed by atoms with van der Waals surface area (Å²) in [7, 11) is -10.0. The largest absolute Gasteiger partial charge is 2.00 e. The molecule has 0 saturated carbocycles. The number of unbranched alkanes of at least 4 members (excludes halogenated alkanes) is 36. The van der Waals surface area contributed by atoms with Gasteiger partial charge >= 0.3 is 61.6 Å². The maximum Gasteiger partial charge on any atom is 2.00 e. The van der Waals surface area contributed by atoms with Crippen molar-refractivity contribution in [1.29, 1.82) is 0 Å². The molecule has 0 aliphatic heterocycles. The SMILES string of the molecule is CCCCCCCCC/C=C/CCCCOC(=O)c1cccc(S(=O)(=O)[O-])c1C(=O)OCCCC/C=C/CCCCCCCCC.CCCCCCCCC/C=C/CCCCOC(=O)c1cccc(S(=O)(=O)[O-])c1C(=O)OCCCC/C=C/CCCCCCCCC.[Ca+2]. The minimum absolute atomic E-state index is 0. The molecule has 14 nitrogen and oxygen atoms in total. The first-order valence-electron chi connectivity index (χ1n) is 36.1. The molecule has 0 aromatic heterocycles. The Bertz CT molecular complexity index is 2400. The summed E-state index contributed by atoms with van der Waals surface area (Å²) in [6.07, 6.45) is 66.9. The van der Waals surface area contributed by atoms with E-state index in [1.54, 1.807) is 0 Å². The molecule has 0 atom stereocenters. The van der Waals surface area contributed by atoms with Crippen molar-refractivity contribution in [3.63, 3.8) is 0 Å². The average Bonchev–Trinajstić information content (AvgIpc) is 0.820. The first-order chi connectivity index (χ1) is 44.6. The molecule has 0 bridgehead atoms. The van der Waals surface area contributed by atoms with Crippen molar-refractivity contribution in [3.8, 4) is 0 Å². The number of esters is 4. The molecule has 17 heteroatoms. The number of carbonyl (C=O) groups excluding carboxylic acids is 4. The van der Waals surface area contributed by atoms with Crippen LogP contribution in [-0.4, -0.2) is 114 Å². The van der Waals surface area contributed by atoms with Crippen LogP contribution >= 0.6 is 0 Å². The number of ether oxygens (including phenoxy) is 4. The van der Waals surface area contributed by atoms with Gasteiger partial charge in [-0.1, -0.05) is 243 Å². The van der Waals surface area contributed by atoms with Crippen molar-refractivity contribution in [1.82, 2.24) is 0 Å². The summed E-state index contributed by atoms with van der Waals surface area (Å²) in [6.45, 7) is 9.27. The first kappa shape index (κ1) is 89.4. The Morgan fingerprint density at radius 3 is 0.710 bits per heavy atom. The van der Waals surface area contributed by atoms with E-state index in [-0.39, 0.29) is 75.3 Å². The van der Waals surface area contributed by atoms with Crippen molar-refractivity contribution in [3.05, 3.63) is 107 Å². The van der Waals surface area contributed by atoms with Crippen molar-refractivity contribution < 1.29 is 64.1 Å². The third kappa shape index (κ3) is 48.7. The van der Waals surface area contributed by atoms with Gasteiger partial charge in [-0.15, -0.1) is 0 Å². The Balaban J connectivity index is 0.00000180. The van der Waals surface area contributed by atoms with Crippen LogP contribution in [0.25, 0.3) is 0 Å². The zero-order valence-electron chi connectivity index (χ0n) is 58.3. The first-order valence-corrected chi connectivity index (χ1v) is 38.9. The van der Waals surface area contributed by atoms with Gasteiger partial charge in [0, 0.05) is 0 Å². The average molecular weight is 1360 g/mol. The second-order valence-electron chi connectivity index (χ2n) is 24.3. The van der Waals surface area contributed by atoms with E-state index < -0.39 is 65.0 Å². The van der Waals surface area contributed by atoms with Gasteiger partial charge in [-0.05, 0) is 153 Å². The number of hydrogen-bond donors (Lipinski definition) is 0. The fraction of sp³-hybridized carbons (Fsp3) is 0.684. The Hall–Kier alpha value is -3.64. The molecule has 2 aromatic carbocycles. The molecule has 0 spiro atoms. The number of carbonyl (C=O) groups is 4. The maximum absolute atomic E-state index is 12.9. The molecule has 0 heterocycles. The van der Waals surface area contributed by atoms with E-state index in [9.17, 15) is 45.1 Å². The van der Waals surface area contributed by atoms with Gasteiger partial charge in [0.05, 0.1) is 58.5 Å². The predicted molar refractivity (Wildman–Crippen MR) is 378 cm³/mol. The summed E-state index contributed by atoms with van der Waals surface area (Å²) in [6, 6.07) is 7.13. The third-order valence-corrected chi connectivity index (χ3v) is 17.8. The Kier molecular flexibility index (Phi) is 59.5. The van der Waals surface area contributed by atoms with E-state index in [0.29, 0.717) is 25.7 Å². The van der Waals surface area contributed by atoms with Gasteiger partial charge in [-0.25, -0.2) is 36.0 Å². The Morgan fingerprint density at radius 1 is 0.301 bits per heavy atom. The van der Waals surface area contributed by atoms with Gasteiger partial charge in [-0.2, -0.15) is 0 Å². The van der Waals surface area contributed by atoms with Gasteiger partial charge in [0.2, 0.25) is 0 Å². The van der Waals surface area contributed by atoms with E-state index in [4.69, 9.17) is 18.9 Å². The molecular weight excluding hydrogens is 1240 g/mol. The molecular formula is C76H122CaO14S2. The van der Waals surface area contributed by atoms with Gasteiger partial charge in [-0.3, -0.25) is 0 Å². The summed E-state index contributed by atoms with van der Waals surface area (Å²) in [4.78, 5) is 49.9. The quantitative estimate of drug-likeness (QED) is 0.0150. The van der Waals surface area contributed by atoms with Crippen LogP contribution < -0.4 is 0 Å². The summed E-state index contributed by atoms with van der Waals surface area (Å²) in [5.74, 6) is -3.72. The monoisotopic (exact) mass is 1360 g/mol. The Labute approximate surface area is 595 Å². The van der Waals surface area contributed by atoms with Crippen LogP contribution in [0.4, 0.5) is 0 Å². The third-order valence-electron chi connectivity index (χ3n) is 16.0. The van der Waals surface area contributed by atoms with E-state index in [0.717, 1.165) is 89.2 Å². The topological polar surface area (TPSA) is 220 Å². The number of allylic oxidation sites excluding steroid dienone is 8. The maximum atomic E-state index is 12.9. The molecule has 0 saturated heterocycles. The molecule has 0 unspecified atom stereocenters. The Morgan fingerprint density at radius 2 is 0.495 bits per heavy atom. The predicted octanol–water partition coefficient (Wildman–Crippen LogP) is 20.9. The summed E-state index contributed by atoms with van der Waals surface area (Å²) >= 11 is 0. The molecule has 0 amide bonds. The second kappa shape index (κ2) is 61.9. The van der Waals surface area contributed by atoms with Crippen LogP contribution in [0.15, 0.2) is 94.8 Å². The zero-order chi connectivity index (χ0) is 67.4. The van der Waals surface area contributed by atoms with Crippen LogP contribution in [0.5, 0.6) is 0 Å². The van der Waals surface area contributed by atoms with Gasteiger partial charge in [0.25, 0.3) is 0 Å². The van der Waals surface area contributed by atoms with Crippen molar-refractivity contribution in [2.75, 3.05) is 26.4 Å². The minimum atomic E-state index is -5.02. The smallest absolute Gasteiger partial charge is 0.744 e. The van der Waals surface area contributed by atoms with Crippen LogP contribution in [0.3, 0.4) is 0 Å². The molecule has 0 fully saturated rings. The van der Waals surface area contributed by atoms with E-state index in [1.807, 2.05) is 0 Å². The van der Waals surface area contributed by atoms with Gasteiger partial charge in [0.15, 0.2) is 0 Å². The fourth-order valence-electron chi connectivity index (χ4n) is 10.5. The number of benzene rings is 2. The summed E-state index contributed by atoms with van der Waals surface area (Å²) < 4.78 is 92.7. The zero-order valence-corrected chi connectivity index (χ0v) is 62.1. The number of hydrogen-bond acceptors (Lipinski definition) is 14. The van der Waals surface area contributed by atoms with Crippen LogP contribution in [-0.2, 0) is 39.2 Å². The fourth-order valence-corrected chi connectivity index (χ4v) is 11.9. The second-order valence-corrected chi connectivity index (χ2v) is 27.0. The summed E-state index contributed by atoms with van der Waals surface area (Å²) in [5, 5.41) is 0. The minimum Gasteiger partial charge on any atom is -0.744 e. The van der Waals surface area contributed by atoms with Crippen LogP contribution in [0, 0.1) is 0 Å². The van der Waals surface area contributed by atoms with Crippen LogP contribution in [0.1, 0.15) is 352 Å². The van der Waals surface area contributed by atoms with Gasteiger partial charge < -0.3 is 28.1 Å². The summed E-state index contributed by atoms with van der Waals surface area (Å²) in [5.41, 5.74) is -1.65. The number of rotatable bonds is 58. The molecule has 524 valence electrons. The standard InChI is InChI=1S/2C38H62O7S.Ca/c2*1-3-5-7-9-11-13-15-17-19-21-23-25-27-32-44-37(39)34-30-29-31-35(46(41,42)43)36(34)38(40)45-33-28-26-24-22-20-18-16-14-12-10-8-6-4-2;/h2*19-22,29-31H,3-18,23-28,32-33H2,1-2H3,(H,41,42,43);/q;;+2/p-2/b2*21-19+,22-20+;. The van der Waals surface area contributed by atoms with Crippen LogP contribution in [0.2, 0.25) is 0 Å². The van der Waals surface area contributed by atoms with Gasteiger partial charge in [0.1, 0.15) is 20.2 Å². The van der Waals surface area contributed by atoms with Crippen molar-refractivity contribution in [2.24, 2.45) is 0 Å². The molecule has 0 radical (unpaired) electrons. The van der Waals surface area contributed by atoms with E-state index in [2.05, 4.69) is 76.3 Å². The molecule has 2 rings (SSSR count). The molecule has 0 N–H and O–H groups in total. The van der Waals surface area contributed by atoms with Crippen molar-refractivity contribution in [2.45, 2.75) is 320 Å². The molecule has 93 heavy (non-hydrogen) atoms. The normalized spacial score (nSPS) is 11.8. The van der Waals surface area contributed by atoms with E-state index in [1.165, 1.54) is 204 Å². The van der Waals surface area contributed by atoms with E-state index >= 15 is 0 Å². The molecule has 0 aliphatic carbocycles. The molecule has 0 aliphatic rings. The molecule has 2 aromatic rings.